The SMILES string of the molecule is CC1(C)CCC(/C=C/CN)CC1. The molecule has 1 aliphatic carbocycles. The fourth-order valence-electron chi connectivity index (χ4n) is 1.89. The third-order valence-electron chi connectivity index (χ3n) is 2.93. The Bertz CT molecular complexity index is 148. The number of rotatable bonds is 2. The lowest BCUT2D eigenvalue weighted by Gasteiger charge is -2.33. The number of hydrogen-bond donors (Lipinski definition) is 1. The molecule has 1 rings (SSSR count). The summed E-state index contributed by atoms with van der Waals surface area (Å²) >= 11 is 0. The summed E-state index contributed by atoms with van der Waals surface area (Å²) in [5.74, 6) is 0.807. The number of allylic oxidation sites excluding steroid dienone is 1. The zero-order valence-electron chi connectivity index (χ0n) is 8.34. The minimum Gasteiger partial charge on any atom is -0.327 e. The molecule has 0 radical (unpaired) electrons. The zero-order valence-corrected chi connectivity index (χ0v) is 8.34. The van der Waals surface area contributed by atoms with Crippen LogP contribution in [0.15, 0.2) is 12.2 Å². The van der Waals surface area contributed by atoms with E-state index >= 15 is 0 Å². The molecule has 0 spiro atoms. The van der Waals surface area contributed by atoms with E-state index in [1.54, 1.807) is 0 Å². The highest BCUT2D eigenvalue weighted by molar-refractivity contribution is 4.93. The molecule has 0 bridgehead atoms. The summed E-state index contributed by atoms with van der Waals surface area (Å²) in [7, 11) is 0. The molecule has 0 atom stereocenters. The van der Waals surface area contributed by atoms with E-state index in [4.69, 9.17) is 5.73 Å². The first-order valence-corrected chi connectivity index (χ1v) is 5.01. The first kappa shape index (κ1) is 9.79. The third-order valence-corrected chi connectivity index (χ3v) is 2.93. The Hall–Kier alpha value is -0.300. The Balaban J connectivity index is 2.31. The lowest BCUT2D eigenvalue weighted by Crippen LogP contribution is -2.20. The van der Waals surface area contributed by atoms with Gasteiger partial charge in [0.2, 0.25) is 0 Å². The maximum absolute atomic E-state index is 5.41. The quantitative estimate of drug-likeness (QED) is 0.629. The first-order chi connectivity index (χ1) is 5.64. The summed E-state index contributed by atoms with van der Waals surface area (Å²) in [6, 6.07) is 0. The van der Waals surface area contributed by atoms with Crippen molar-refractivity contribution in [2.45, 2.75) is 39.5 Å². The Morgan fingerprint density at radius 1 is 1.33 bits per heavy atom. The molecule has 70 valence electrons. The van der Waals surface area contributed by atoms with Crippen molar-refractivity contribution in [2.24, 2.45) is 17.1 Å². The van der Waals surface area contributed by atoms with Crippen molar-refractivity contribution in [1.29, 1.82) is 0 Å². The van der Waals surface area contributed by atoms with E-state index < -0.39 is 0 Å². The monoisotopic (exact) mass is 167 g/mol. The van der Waals surface area contributed by atoms with E-state index in [0.717, 1.165) is 5.92 Å². The molecule has 1 nitrogen and oxygen atoms in total. The van der Waals surface area contributed by atoms with Crippen molar-refractivity contribution in [1.82, 2.24) is 0 Å². The minimum atomic E-state index is 0.590. The second-order valence-corrected chi connectivity index (χ2v) is 4.67. The van der Waals surface area contributed by atoms with Crippen LogP contribution in [-0.2, 0) is 0 Å². The van der Waals surface area contributed by atoms with Gasteiger partial charge in [-0.25, -0.2) is 0 Å². The first-order valence-electron chi connectivity index (χ1n) is 5.01. The van der Waals surface area contributed by atoms with Gasteiger partial charge in [0.15, 0.2) is 0 Å². The topological polar surface area (TPSA) is 26.0 Å². The molecule has 0 aromatic carbocycles. The number of nitrogens with two attached hydrogens (primary N) is 1. The summed E-state index contributed by atoms with van der Waals surface area (Å²) in [5, 5.41) is 0. The summed E-state index contributed by atoms with van der Waals surface area (Å²) in [4.78, 5) is 0. The van der Waals surface area contributed by atoms with Gasteiger partial charge < -0.3 is 5.73 Å². The van der Waals surface area contributed by atoms with Crippen molar-refractivity contribution in [3.8, 4) is 0 Å². The third kappa shape index (κ3) is 2.98. The lowest BCUT2D eigenvalue weighted by molar-refractivity contribution is 0.213. The predicted octanol–water partition coefficient (Wildman–Crippen LogP) is 2.72. The van der Waals surface area contributed by atoms with E-state index in [1.165, 1.54) is 25.7 Å². The largest absolute Gasteiger partial charge is 0.327 e. The molecule has 12 heavy (non-hydrogen) atoms. The molecule has 0 aliphatic heterocycles. The lowest BCUT2D eigenvalue weighted by atomic mass is 9.73. The second kappa shape index (κ2) is 4.08. The summed E-state index contributed by atoms with van der Waals surface area (Å²) in [6.45, 7) is 5.44. The van der Waals surface area contributed by atoms with Crippen LogP contribution >= 0.6 is 0 Å². The van der Waals surface area contributed by atoms with Crippen LogP contribution in [0.5, 0.6) is 0 Å². The van der Waals surface area contributed by atoms with Gasteiger partial charge in [-0.1, -0.05) is 26.0 Å². The molecule has 0 aromatic heterocycles. The van der Waals surface area contributed by atoms with E-state index in [2.05, 4.69) is 26.0 Å². The van der Waals surface area contributed by atoms with Crippen molar-refractivity contribution in [2.75, 3.05) is 6.54 Å². The summed E-state index contributed by atoms with van der Waals surface area (Å²) < 4.78 is 0. The Kier molecular flexibility index (Phi) is 3.33. The van der Waals surface area contributed by atoms with Gasteiger partial charge in [-0.15, -0.1) is 0 Å². The van der Waals surface area contributed by atoms with Gasteiger partial charge in [-0.05, 0) is 37.0 Å². The van der Waals surface area contributed by atoms with Gasteiger partial charge in [-0.2, -0.15) is 0 Å². The summed E-state index contributed by atoms with van der Waals surface area (Å²) in [6.07, 6.45) is 9.84. The van der Waals surface area contributed by atoms with Gasteiger partial charge in [0.1, 0.15) is 0 Å². The van der Waals surface area contributed by atoms with E-state index in [9.17, 15) is 0 Å². The van der Waals surface area contributed by atoms with Crippen molar-refractivity contribution < 1.29 is 0 Å². The van der Waals surface area contributed by atoms with Crippen molar-refractivity contribution in [3.05, 3.63) is 12.2 Å². The highest BCUT2D eigenvalue weighted by Gasteiger charge is 2.25. The second-order valence-electron chi connectivity index (χ2n) is 4.67. The van der Waals surface area contributed by atoms with Crippen LogP contribution in [0.2, 0.25) is 0 Å². The molecular weight excluding hydrogens is 146 g/mol. The minimum absolute atomic E-state index is 0.590. The van der Waals surface area contributed by atoms with Crippen LogP contribution in [0.3, 0.4) is 0 Å². The number of hydrogen-bond acceptors (Lipinski definition) is 1. The molecular formula is C11H21N. The molecule has 2 N–H and O–H groups in total. The average Bonchev–Trinajstić information content (AvgIpc) is 2.03. The molecule has 1 saturated carbocycles. The smallest absolute Gasteiger partial charge is 0.0106 e. The standard InChI is InChI=1S/C11H21N/c1-11(2)7-5-10(6-8-11)4-3-9-12/h3-4,10H,5-9,12H2,1-2H3/b4-3+. The molecule has 1 aliphatic rings. The van der Waals surface area contributed by atoms with Gasteiger partial charge in [0.05, 0.1) is 0 Å². The molecule has 0 unspecified atom stereocenters. The van der Waals surface area contributed by atoms with Crippen LogP contribution in [0.1, 0.15) is 39.5 Å². The Labute approximate surface area is 76.0 Å². The van der Waals surface area contributed by atoms with Crippen LogP contribution in [-0.4, -0.2) is 6.54 Å². The molecule has 1 heteroatoms. The molecule has 0 heterocycles. The Morgan fingerprint density at radius 3 is 2.42 bits per heavy atom. The van der Waals surface area contributed by atoms with Crippen molar-refractivity contribution >= 4 is 0 Å². The fraction of sp³-hybridized carbons (Fsp3) is 0.818. The van der Waals surface area contributed by atoms with Gasteiger partial charge in [-0.3, -0.25) is 0 Å². The maximum atomic E-state index is 5.41. The van der Waals surface area contributed by atoms with Crippen LogP contribution < -0.4 is 5.73 Å². The van der Waals surface area contributed by atoms with E-state index in [-0.39, 0.29) is 0 Å². The average molecular weight is 167 g/mol. The highest BCUT2D eigenvalue weighted by Crippen LogP contribution is 2.38. The van der Waals surface area contributed by atoms with Crippen LogP contribution in [0.4, 0.5) is 0 Å². The molecule has 0 amide bonds. The van der Waals surface area contributed by atoms with Crippen molar-refractivity contribution in [3.63, 3.8) is 0 Å². The van der Waals surface area contributed by atoms with Gasteiger partial charge >= 0.3 is 0 Å². The van der Waals surface area contributed by atoms with Gasteiger partial charge in [0.25, 0.3) is 0 Å². The normalized spacial score (nSPS) is 24.9. The molecule has 0 aromatic rings. The molecule has 0 saturated heterocycles. The summed E-state index contributed by atoms with van der Waals surface area (Å²) in [5.41, 5.74) is 6.00. The van der Waals surface area contributed by atoms with Crippen LogP contribution in [0, 0.1) is 11.3 Å². The Morgan fingerprint density at radius 2 is 1.92 bits per heavy atom. The molecule has 1 fully saturated rings. The van der Waals surface area contributed by atoms with Gasteiger partial charge in [0, 0.05) is 6.54 Å². The van der Waals surface area contributed by atoms with E-state index in [0.29, 0.717) is 12.0 Å². The maximum Gasteiger partial charge on any atom is 0.0106 e. The van der Waals surface area contributed by atoms with Crippen LogP contribution in [0.25, 0.3) is 0 Å². The van der Waals surface area contributed by atoms with E-state index in [1.807, 2.05) is 0 Å². The fourth-order valence-corrected chi connectivity index (χ4v) is 1.89. The highest BCUT2D eigenvalue weighted by atomic mass is 14.5. The predicted molar refractivity (Wildman–Crippen MR) is 53.9 cm³/mol. The zero-order chi connectivity index (χ0) is 9.03.